The van der Waals surface area contributed by atoms with E-state index < -0.39 is 0 Å². The van der Waals surface area contributed by atoms with Crippen LogP contribution in [-0.2, 0) is 16.1 Å². The van der Waals surface area contributed by atoms with Crippen molar-refractivity contribution in [2.24, 2.45) is 17.8 Å². The van der Waals surface area contributed by atoms with Gasteiger partial charge in [0.1, 0.15) is 19.2 Å². The lowest BCUT2D eigenvalue weighted by atomic mass is 9.53. The number of hydrogen-bond donors (Lipinski definition) is 3. The number of imide groups is 1. The molecule has 5 aliphatic rings. The molecule has 30 heavy (non-hydrogen) atoms. The Bertz CT molecular complexity index is 724. The summed E-state index contributed by atoms with van der Waals surface area (Å²) in [6, 6.07) is 3.86. The summed E-state index contributed by atoms with van der Waals surface area (Å²) >= 11 is 1.71. The van der Waals surface area contributed by atoms with Crippen molar-refractivity contribution in [1.82, 2.24) is 10.6 Å². The van der Waals surface area contributed by atoms with E-state index in [2.05, 4.69) is 22.1 Å². The second kappa shape index (κ2) is 8.60. The highest BCUT2D eigenvalue weighted by molar-refractivity contribution is 7.09. The summed E-state index contributed by atoms with van der Waals surface area (Å²) < 4.78 is 5.80. The van der Waals surface area contributed by atoms with Gasteiger partial charge in [-0.2, -0.15) is 0 Å². The molecule has 2 atom stereocenters. The molecule has 4 aliphatic carbocycles. The lowest BCUT2D eigenvalue weighted by Crippen LogP contribution is -3.13. The second-order valence-electron chi connectivity index (χ2n) is 10.2. The van der Waals surface area contributed by atoms with Gasteiger partial charge in [0.05, 0.1) is 4.88 Å². The minimum atomic E-state index is -0.297. The Kier molecular flexibility index (Phi) is 5.86. The van der Waals surface area contributed by atoms with E-state index in [1.165, 1.54) is 24.1 Å². The highest BCUT2D eigenvalue weighted by Crippen LogP contribution is 2.55. The van der Waals surface area contributed by atoms with Crippen LogP contribution in [0.1, 0.15) is 56.2 Å². The average Bonchev–Trinajstić information content (AvgIpc) is 3.33. The Morgan fingerprint density at radius 1 is 1.17 bits per heavy atom. The number of carbonyl (C=O) groups is 2. The van der Waals surface area contributed by atoms with Crippen molar-refractivity contribution >= 4 is 23.3 Å². The van der Waals surface area contributed by atoms with Crippen molar-refractivity contribution in [3.05, 3.63) is 22.4 Å². The first-order valence-electron chi connectivity index (χ1n) is 11.6. The first-order chi connectivity index (χ1) is 14.6. The Hall–Kier alpha value is -1.44. The van der Waals surface area contributed by atoms with Gasteiger partial charge in [0.2, 0.25) is 0 Å². The van der Waals surface area contributed by atoms with Crippen LogP contribution in [-0.4, -0.2) is 43.3 Å². The topological polar surface area (TPSA) is 71.9 Å². The minimum Gasteiger partial charge on any atom is -0.372 e. The zero-order chi connectivity index (χ0) is 20.6. The molecule has 3 N–H and O–H groups in total. The van der Waals surface area contributed by atoms with Crippen LogP contribution in [0.25, 0.3) is 0 Å². The first kappa shape index (κ1) is 20.5. The van der Waals surface area contributed by atoms with Crippen LogP contribution in [0.5, 0.6) is 0 Å². The Morgan fingerprint density at radius 2 is 1.90 bits per heavy atom. The van der Waals surface area contributed by atoms with E-state index in [1.807, 2.05) is 6.07 Å². The Labute approximate surface area is 182 Å². The lowest BCUT2D eigenvalue weighted by molar-refractivity contribution is -0.908. The van der Waals surface area contributed by atoms with Gasteiger partial charge in [-0.15, -0.1) is 11.3 Å². The van der Waals surface area contributed by atoms with Crippen LogP contribution < -0.4 is 15.5 Å². The number of quaternary nitrogens is 1. The molecule has 164 valence electrons. The fourth-order valence-corrected chi connectivity index (χ4v) is 7.70. The van der Waals surface area contributed by atoms with Gasteiger partial charge in [0.25, 0.3) is 5.91 Å². The van der Waals surface area contributed by atoms with Crippen molar-refractivity contribution in [3.63, 3.8) is 0 Å². The summed E-state index contributed by atoms with van der Waals surface area (Å²) in [4.78, 5) is 27.8. The summed E-state index contributed by atoms with van der Waals surface area (Å²) in [5.74, 6) is 2.11. The van der Waals surface area contributed by atoms with Gasteiger partial charge in [-0.05, 0) is 80.6 Å². The molecule has 6 rings (SSSR count). The minimum absolute atomic E-state index is 0.0691. The van der Waals surface area contributed by atoms with Crippen LogP contribution >= 0.6 is 11.3 Å². The van der Waals surface area contributed by atoms with E-state index in [1.54, 1.807) is 11.3 Å². The van der Waals surface area contributed by atoms with E-state index in [0.29, 0.717) is 6.54 Å². The number of ether oxygens (including phenoxy) is 1. The molecule has 2 heterocycles. The number of urea groups is 1. The maximum Gasteiger partial charge on any atom is 0.322 e. The van der Waals surface area contributed by atoms with Gasteiger partial charge in [-0.1, -0.05) is 6.07 Å². The molecular weight excluding hydrogens is 398 g/mol. The van der Waals surface area contributed by atoms with Crippen molar-refractivity contribution < 1.29 is 19.2 Å². The average molecular weight is 433 g/mol. The van der Waals surface area contributed by atoms with Gasteiger partial charge in [0, 0.05) is 12.1 Å². The molecule has 1 saturated heterocycles. The molecule has 1 aliphatic heterocycles. The smallest absolute Gasteiger partial charge is 0.322 e. The van der Waals surface area contributed by atoms with Gasteiger partial charge in [-0.25, -0.2) is 4.79 Å². The third kappa shape index (κ3) is 4.73. The summed E-state index contributed by atoms with van der Waals surface area (Å²) in [6.45, 7) is 2.71. The monoisotopic (exact) mass is 432 g/mol. The molecule has 7 heteroatoms. The number of rotatable bonds is 7. The predicted molar refractivity (Wildman–Crippen MR) is 115 cm³/mol. The van der Waals surface area contributed by atoms with Gasteiger partial charge in [-0.3, -0.25) is 10.1 Å². The highest BCUT2D eigenvalue weighted by Gasteiger charge is 2.51. The van der Waals surface area contributed by atoms with E-state index in [-0.39, 0.29) is 23.6 Å². The van der Waals surface area contributed by atoms with Crippen molar-refractivity contribution in [2.45, 2.75) is 69.6 Å². The number of carbonyl (C=O) groups excluding carboxylic acids is 2. The molecule has 5 fully saturated rings. The number of thiophene rings is 1. The van der Waals surface area contributed by atoms with E-state index in [0.717, 1.165) is 74.5 Å². The van der Waals surface area contributed by atoms with Crippen LogP contribution in [0.2, 0.25) is 0 Å². The largest absolute Gasteiger partial charge is 0.372 e. The summed E-state index contributed by atoms with van der Waals surface area (Å²) in [5, 5.41) is 7.95. The molecule has 0 radical (unpaired) electrons. The Morgan fingerprint density at radius 3 is 2.50 bits per heavy atom. The fraction of sp³-hybridized carbons (Fsp3) is 0.739. The van der Waals surface area contributed by atoms with Crippen LogP contribution in [0, 0.1) is 17.8 Å². The molecule has 0 aromatic carbocycles. The maximum atomic E-state index is 12.7. The number of hydrogen-bond acceptors (Lipinski definition) is 4. The summed E-state index contributed by atoms with van der Waals surface area (Å²) in [6.07, 6.45) is 9.66. The zero-order valence-corrected chi connectivity index (χ0v) is 18.5. The lowest BCUT2D eigenvalue weighted by Gasteiger charge is -2.56. The second-order valence-corrected chi connectivity index (χ2v) is 11.3. The molecule has 3 amide bonds. The molecule has 6 nitrogen and oxygen atoms in total. The zero-order valence-electron chi connectivity index (χ0n) is 17.7. The molecule has 1 aromatic rings. The maximum absolute atomic E-state index is 12.7. The molecule has 1 unspecified atom stereocenters. The molecule has 4 saturated carbocycles. The quantitative estimate of drug-likeness (QED) is 0.618. The Balaban J connectivity index is 1.15. The summed E-state index contributed by atoms with van der Waals surface area (Å²) in [5.41, 5.74) is -0.0691. The third-order valence-corrected chi connectivity index (χ3v) is 8.50. The third-order valence-electron chi connectivity index (χ3n) is 7.63. The van der Waals surface area contributed by atoms with Gasteiger partial charge in [0.15, 0.2) is 6.54 Å². The fourth-order valence-electron chi connectivity index (χ4n) is 6.93. The predicted octanol–water partition coefficient (Wildman–Crippen LogP) is 2.11. The van der Waals surface area contributed by atoms with Crippen LogP contribution in [0.15, 0.2) is 17.5 Å². The number of amides is 3. The molecule has 1 aromatic heterocycles. The number of nitrogens with one attached hydrogen (secondary N) is 3. The normalized spacial score (nSPS) is 35.3. The van der Waals surface area contributed by atoms with E-state index in [9.17, 15) is 9.59 Å². The highest BCUT2D eigenvalue weighted by atomic mass is 32.1. The van der Waals surface area contributed by atoms with Crippen molar-refractivity contribution in [3.8, 4) is 0 Å². The van der Waals surface area contributed by atoms with Crippen LogP contribution in [0.4, 0.5) is 4.79 Å². The molecule has 0 spiro atoms. The van der Waals surface area contributed by atoms with Crippen LogP contribution in [0.3, 0.4) is 0 Å². The van der Waals surface area contributed by atoms with Gasteiger partial charge >= 0.3 is 6.03 Å². The summed E-state index contributed by atoms with van der Waals surface area (Å²) in [7, 11) is 0. The molecular formula is C23H34N3O3S+. The van der Waals surface area contributed by atoms with Crippen molar-refractivity contribution in [2.75, 3.05) is 19.7 Å². The first-order valence-corrected chi connectivity index (χ1v) is 12.5. The van der Waals surface area contributed by atoms with E-state index in [4.69, 9.17) is 4.74 Å². The van der Waals surface area contributed by atoms with Gasteiger partial charge < -0.3 is 15.0 Å². The standard InChI is InChI=1S/C23H33N3O3S/c27-21(15-26(13-19-3-1-5-29-19)14-20-4-2-6-30-20)24-22(28)25-23-10-16-7-17(11-23)9-18(8-16)12-23/h2,4,6,16-19H,1,3,5,7-15H2,(H2,24,25,27,28)/p+1/t16?,17?,18?,19-,23?/m1/s1. The SMILES string of the molecule is O=C(C[NH+](Cc1cccs1)C[C@H]1CCCO1)NC(=O)NC12CC3CC(CC(C3)C1)C2. The molecule has 4 bridgehead atoms. The van der Waals surface area contributed by atoms with E-state index >= 15 is 0 Å². The van der Waals surface area contributed by atoms with Crippen molar-refractivity contribution in [1.29, 1.82) is 0 Å².